The molecule has 2 aliphatic heterocycles. The van der Waals surface area contributed by atoms with Crippen molar-refractivity contribution in [3.63, 3.8) is 0 Å². The monoisotopic (exact) mass is 244 g/mol. The molecular weight excluding hydrogens is 220 g/mol. The van der Waals surface area contributed by atoms with Crippen LogP contribution in [0, 0.1) is 0 Å². The highest BCUT2D eigenvalue weighted by molar-refractivity contribution is 5.75. The van der Waals surface area contributed by atoms with E-state index in [1.807, 2.05) is 20.8 Å². The van der Waals surface area contributed by atoms with Crippen molar-refractivity contribution in [2.24, 2.45) is 0 Å². The summed E-state index contributed by atoms with van der Waals surface area (Å²) >= 11 is 0. The Bertz CT molecular complexity index is 213. The Hall–Kier alpha value is -0.610. The van der Waals surface area contributed by atoms with E-state index in [9.17, 15) is 4.79 Å². The lowest BCUT2D eigenvalue weighted by Gasteiger charge is -2.24. The fourth-order valence-electron chi connectivity index (χ4n) is 1.71. The maximum atomic E-state index is 10.0. The minimum absolute atomic E-state index is 0.0492. The molecule has 0 aromatic heterocycles. The van der Waals surface area contributed by atoms with Crippen LogP contribution in [0.1, 0.15) is 52.9 Å². The molecule has 0 saturated carbocycles. The summed E-state index contributed by atoms with van der Waals surface area (Å²) in [6.45, 7) is 6.96. The van der Waals surface area contributed by atoms with Crippen molar-refractivity contribution >= 4 is 5.97 Å². The number of rotatable bonds is 3. The van der Waals surface area contributed by atoms with Crippen LogP contribution in [0.5, 0.6) is 0 Å². The Morgan fingerprint density at radius 2 is 2.12 bits per heavy atom. The first-order valence-corrected chi connectivity index (χ1v) is 6.58. The zero-order valence-electron chi connectivity index (χ0n) is 11.1. The number of hydrogen-bond acceptors (Lipinski definition) is 4. The standard InChI is InChI=1S/C8H16O2.C5H8O2/c1-7(2)10-8-5-3-4-6-9-8;1-2-4-3-5(6)7-4/h7-8H,3-6H2,1-2H3;4H,2-3H2,1H3. The van der Waals surface area contributed by atoms with Gasteiger partial charge in [0.15, 0.2) is 6.29 Å². The van der Waals surface area contributed by atoms with Crippen molar-refractivity contribution in [2.75, 3.05) is 6.61 Å². The SMILES string of the molecule is CC(C)OC1CCCCO1.CCC1CC(=O)O1. The third-order valence-corrected chi connectivity index (χ3v) is 2.71. The van der Waals surface area contributed by atoms with Crippen LogP contribution in [0.25, 0.3) is 0 Å². The summed E-state index contributed by atoms with van der Waals surface area (Å²) in [5, 5.41) is 0. The van der Waals surface area contributed by atoms with Gasteiger partial charge in [-0.2, -0.15) is 0 Å². The van der Waals surface area contributed by atoms with Crippen molar-refractivity contribution in [2.45, 2.75) is 71.4 Å². The van der Waals surface area contributed by atoms with Crippen molar-refractivity contribution in [1.82, 2.24) is 0 Å². The molecule has 4 nitrogen and oxygen atoms in total. The molecule has 2 atom stereocenters. The first-order valence-electron chi connectivity index (χ1n) is 6.58. The molecule has 2 unspecified atom stereocenters. The van der Waals surface area contributed by atoms with E-state index in [0.717, 1.165) is 19.4 Å². The fraction of sp³-hybridized carbons (Fsp3) is 0.923. The lowest BCUT2D eigenvalue weighted by atomic mass is 10.1. The van der Waals surface area contributed by atoms with Gasteiger partial charge < -0.3 is 14.2 Å². The topological polar surface area (TPSA) is 44.8 Å². The van der Waals surface area contributed by atoms with Crippen molar-refractivity contribution < 1.29 is 19.0 Å². The third-order valence-electron chi connectivity index (χ3n) is 2.71. The number of cyclic esters (lactones) is 1. The summed E-state index contributed by atoms with van der Waals surface area (Å²) in [6, 6.07) is 0. The van der Waals surface area contributed by atoms with Gasteiger partial charge in [0, 0.05) is 6.61 Å². The first-order chi connectivity index (χ1) is 8.11. The van der Waals surface area contributed by atoms with Gasteiger partial charge in [0.2, 0.25) is 0 Å². The van der Waals surface area contributed by atoms with E-state index < -0.39 is 0 Å². The van der Waals surface area contributed by atoms with Gasteiger partial charge in [0.1, 0.15) is 6.10 Å². The van der Waals surface area contributed by atoms with Gasteiger partial charge in [-0.3, -0.25) is 4.79 Å². The second-order valence-corrected chi connectivity index (χ2v) is 4.71. The molecule has 2 heterocycles. The highest BCUT2D eigenvalue weighted by Crippen LogP contribution is 2.15. The highest BCUT2D eigenvalue weighted by Gasteiger charge is 2.25. The number of ether oxygens (including phenoxy) is 3. The van der Waals surface area contributed by atoms with Gasteiger partial charge in [-0.15, -0.1) is 0 Å². The van der Waals surface area contributed by atoms with Gasteiger partial charge in [-0.25, -0.2) is 0 Å². The molecule has 0 aromatic carbocycles. The smallest absolute Gasteiger partial charge is 0.309 e. The van der Waals surface area contributed by atoms with Crippen molar-refractivity contribution in [3.8, 4) is 0 Å². The number of esters is 1. The Labute approximate surface area is 104 Å². The van der Waals surface area contributed by atoms with Crippen LogP contribution in [0.15, 0.2) is 0 Å². The molecular formula is C13H24O4. The van der Waals surface area contributed by atoms with E-state index >= 15 is 0 Å². The number of hydrogen-bond donors (Lipinski definition) is 0. The summed E-state index contributed by atoms with van der Waals surface area (Å²) in [4.78, 5) is 10.0. The maximum Gasteiger partial charge on any atom is 0.309 e. The average molecular weight is 244 g/mol. The van der Waals surface area contributed by atoms with Gasteiger partial charge >= 0.3 is 5.97 Å². The molecule has 2 aliphatic rings. The predicted octanol–water partition coefficient (Wildman–Crippen LogP) is 2.65. The molecule has 0 amide bonds. The van der Waals surface area contributed by atoms with Gasteiger partial charge in [-0.05, 0) is 39.5 Å². The van der Waals surface area contributed by atoms with E-state index in [1.54, 1.807) is 0 Å². The lowest BCUT2D eigenvalue weighted by Crippen LogP contribution is -2.31. The van der Waals surface area contributed by atoms with Gasteiger partial charge in [-0.1, -0.05) is 6.92 Å². The van der Waals surface area contributed by atoms with Gasteiger partial charge in [0.25, 0.3) is 0 Å². The molecule has 4 heteroatoms. The lowest BCUT2D eigenvalue weighted by molar-refractivity contribution is -0.180. The van der Waals surface area contributed by atoms with Crippen LogP contribution in [0.4, 0.5) is 0 Å². The van der Waals surface area contributed by atoms with E-state index in [4.69, 9.17) is 9.47 Å². The first kappa shape index (κ1) is 14.5. The Morgan fingerprint density at radius 3 is 2.47 bits per heavy atom. The van der Waals surface area contributed by atoms with Crippen molar-refractivity contribution in [1.29, 1.82) is 0 Å². The highest BCUT2D eigenvalue weighted by atomic mass is 16.7. The Balaban J connectivity index is 0.000000181. The molecule has 0 spiro atoms. The van der Waals surface area contributed by atoms with E-state index in [-0.39, 0.29) is 18.4 Å². The van der Waals surface area contributed by atoms with Crippen LogP contribution in [-0.2, 0) is 19.0 Å². The summed E-state index contributed by atoms with van der Waals surface area (Å²) in [6.07, 6.45) is 5.72. The van der Waals surface area contributed by atoms with Crippen LogP contribution < -0.4 is 0 Å². The molecule has 2 fully saturated rings. The third kappa shape index (κ3) is 6.03. The molecule has 0 radical (unpaired) electrons. The Kier molecular flexibility index (Phi) is 6.52. The van der Waals surface area contributed by atoms with E-state index in [0.29, 0.717) is 12.5 Å². The van der Waals surface area contributed by atoms with E-state index in [2.05, 4.69) is 4.74 Å². The zero-order chi connectivity index (χ0) is 12.7. The predicted molar refractivity (Wildman–Crippen MR) is 64.6 cm³/mol. The van der Waals surface area contributed by atoms with Crippen LogP contribution in [0.3, 0.4) is 0 Å². The minimum Gasteiger partial charge on any atom is -0.462 e. The normalized spacial score (nSPS) is 27.9. The molecule has 0 N–H and O–H groups in total. The molecule has 2 rings (SSSR count). The summed E-state index contributed by atoms with van der Waals surface area (Å²) in [5.74, 6) is -0.0492. The maximum absolute atomic E-state index is 10.0. The molecule has 2 saturated heterocycles. The summed E-state index contributed by atoms with van der Waals surface area (Å²) in [5.41, 5.74) is 0. The average Bonchev–Trinajstić information content (AvgIpc) is 2.26. The van der Waals surface area contributed by atoms with Crippen LogP contribution in [-0.4, -0.2) is 31.1 Å². The Morgan fingerprint density at radius 1 is 1.41 bits per heavy atom. The van der Waals surface area contributed by atoms with Crippen LogP contribution in [0.2, 0.25) is 0 Å². The zero-order valence-corrected chi connectivity index (χ0v) is 11.1. The minimum atomic E-state index is -0.0492. The summed E-state index contributed by atoms with van der Waals surface area (Å²) < 4.78 is 15.5. The summed E-state index contributed by atoms with van der Waals surface area (Å²) in [7, 11) is 0. The molecule has 0 aromatic rings. The number of carbonyl (C=O) groups is 1. The second-order valence-electron chi connectivity index (χ2n) is 4.71. The fourth-order valence-corrected chi connectivity index (χ4v) is 1.71. The second kappa shape index (κ2) is 7.67. The quantitative estimate of drug-likeness (QED) is 0.716. The van der Waals surface area contributed by atoms with E-state index in [1.165, 1.54) is 12.8 Å². The van der Waals surface area contributed by atoms with Crippen molar-refractivity contribution in [3.05, 3.63) is 0 Å². The molecule has 0 aliphatic carbocycles. The molecule has 100 valence electrons. The molecule has 17 heavy (non-hydrogen) atoms. The van der Waals surface area contributed by atoms with Gasteiger partial charge in [0.05, 0.1) is 12.5 Å². The van der Waals surface area contributed by atoms with Crippen LogP contribution >= 0.6 is 0 Å². The molecule has 0 bridgehead atoms. The largest absolute Gasteiger partial charge is 0.462 e. The number of carbonyl (C=O) groups excluding carboxylic acids is 1.